The molecule has 0 rings (SSSR count). The van der Waals surface area contributed by atoms with Gasteiger partial charge in [0.25, 0.3) is 0 Å². The lowest BCUT2D eigenvalue weighted by Gasteiger charge is -2.24. The molecule has 0 aromatic heterocycles. The van der Waals surface area contributed by atoms with Crippen molar-refractivity contribution in [2.75, 3.05) is 47.5 Å². The maximum atomic E-state index is 12.5. The molecule has 0 aromatic carbocycles. The fourth-order valence-electron chi connectivity index (χ4n) is 4.05. The van der Waals surface area contributed by atoms with Crippen LogP contribution in [0.25, 0.3) is 0 Å². The Labute approximate surface area is 286 Å². The minimum absolute atomic E-state index is 0.0186. The maximum absolute atomic E-state index is 12.5. The smallest absolute Gasteiger partial charge is 0.462 e. The molecule has 0 aliphatic carbocycles. The first-order chi connectivity index (χ1) is 22.5. The molecule has 0 heterocycles. The van der Waals surface area contributed by atoms with Crippen LogP contribution in [0.2, 0.25) is 0 Å². The van der Waals surface area contributed by atoms with E-state index >= 15 is 0 Å². The van der Waals surface area contributed by atoms with Crippen LogP contribution < -0.4 is 0 Å². The van der Waals surface area contributed by atoms with Crippen molar-refractivity contribution in [2.45, 2.75) is 116 Å². The lowest BCUT2D eigenvalue weighted by atomic mass is 10.1. The molecule has 10 heteroatoms. The Morgan fingerprint density at radius 2 is 1.21 bits per heavy atom. The summed E-state index contributed by atoms with van der Waals surface area (Å²) in [6.45, 7) is 4.13. The van der Waals surface area contributed by atoms with E-state index in [-0.39, 0.29) is 26.1 Å². The van der Waals surface area contributed by atoms with E-state index in [0.717, 1.165) is 64.2 Å². The first-order valence-electron chi connectivity index (χ1n) is 17.5. The van der Waals surface area contributed by atoms with E-state index in [9.17, 15) is 19.0 Å². The van der Waals surface area contributed by atoms with Gasteiger partial charge in [-0.3, -0.25) is 18.6 Å². The van der Waals surface area contributed by atoms with Gasteiger partial charge in [0.1, 0.15) is 19.8 Å². The van der Waals surface area contributed by atoms with Crippen molar-refractivity contribution in [3.8, 4) is 0 Å². The van der Waals surface area contributed by atoms with Crippen molar-refractivity contribution in [1.29, 1.82) is 0 Å². The molecular weight excluding hydrogens is 617 g/mol. The SMILES string of the molecule is CC/C=C\C/C=C\C/C=C\C/C=C\C/C=C\CCCC(=O)OC(COC(=O)CCCCCCCC)COP(=O)(O)OCC[N+](C)(C)C. The number of hydrogen-bond acceptors (Lipinski definition) is 7. The molecule has 2 unspecified atom stereocenters. The second-order valence-electron chi connectivity index (χ2n) is 12.5. The van der Waals surface area contributed by atoms with Gasteiger partial charge in [0, 0.05) is 12.8 Å². The molecule has 0 spiro atoms. The molecule has 270 valence electrons. The number of carbonyl (C=O) groups is 2. The van der Waals surface area contributed by atoms with Crippen LogP contribution in [0.5, 0.6) is 0 Å². The van der Waals surface area contributed by atoms with Crippen molar-refractivity contribution >= 4 is 19.8 Å². The third-order valence-electron chi connectivity index (χ3n) is 6.81. The molecule has 0 aliphatic rings. The number of esters is 2. The predicted molar refractivity (Wildman–Crippen MR) is 192 cm³/mol. The zero-order valence-corrected chi connectivity index (χ0v) is 30.9. The quantitative estimate of drug-likeness (QED) is 0.0263. The molecule has 0 fully saturated rings. The lowest BCUT2D eigenvalue weighted by Crippen LogP contribution is -2.37. The maximum Gasteiger partial charge on any atom is 0.472 e. The number of hydrogen-bond donors (Lipinski definition) is 1. The van der Waals surface area contributed by atoms with Gasteiger partial charge in [0.15, 0.2) is 6.10 Å². The number of rotatable bonds is 30. The first kappa shape index (κ1) is 44.7. The zero-order chi connectivity index (χ0) is 35.1. The molecule has 0 saturated heterocycles. The van der Waals surface area contributed by atoms with Gasteiger partial charge in [-0.15, -0.1) is 0 Å². The van der Waals surface area contributed by atoms with Crippen molar-refractivity contribution in [1.82, 2.24) is 0 Å². The van der Waals surface area contributed by atoms with E-state index in [1.807, 2.05) is 27.2 Å². The number of nitrogens with zero attached hydrogens (tertiary/aromatic N) is 1. The van der Waals surface area contributed by atoms with Gasteiger partial charge in [0.05, 0.1) is 27.7 Å². The largest absolute Gasteiger partial charge is 0.472 e. The van der Waals surface area contributed by atoms with Crippen LogP contribution in [0, 0.1) is 0 Å². The van der Waals surface area contributed by atoms with E-state index in [1.54, 1.807) is 0 Å². The normalized spacial score (nSPS) is 14.6. The number of phosphoric ester groups is 1. The molecule has 47 heavy (non-hydrogen) atoms. The molecule has 2 atom stereocenters. The summed E-state index contributed by atoms with van der Waals surface area (Å²) in [7, 11) is 1.43. The van der Waals surface area contributed by atoms with Crippen LogP contribution in [-0.2, 0) is 32.7 Å². The number of likely N-dealkylation sites (N-methyl/N-ethyl adjacent to an activating group) is 1. The lowest BCUT2D eigenvalue weighted by molar-refractivity contribution is -0.870. The minimum Gasteiger partial charge on any atom is -0.462 e. The topological polar surface area (TPSA) is 108 Å². The van der Waals surface area contributed by atoms with Gasteiger partial charge in [-0.1, -0.05) is 107 Å². The van der Waals surface area contributed by atoms with Gasteiger partial charge in [-0.25, -0.2) is 4.57 Å². The summed E-state index contributed by atoms with van der Waals surface area (Å²) in [6, 6.07) is 0. The summed E-state index contributed by atoms with van der Waals surface area (Å²) < 4.78 is 33.9. The number of carbonyl (C=O) groups excluding carboxylic acids is 2. The van der Waals surface area contributed by atoms with Crippen LogP contribution in [0.4, 0.5) is 0 Å². The van der Waals surface area contributed by atoms with Crippen molar-refractivity contribution in [2.24, 2.45) is 0 Å². The van der Waals surface area contributed by atoms with Crippen molar-refractivity contribution in [3.05, 3.63) is 60.8 Å². The summed E-state index contributed by atoms with van der Waals surface area (Å²) in [5.74, 6) is -0.886. The average molecular weight is 683 g/mol. The Balaban J connectivity index is 4.54. The van der Waals surface area contributed by atoms with E-state index < -0.39 is 32.5 Å². The van der Waals surface area contributed by atoms with Gasteiger partial charge in [0.2, 0.25) is 0 Å². The van der Waals surface area contributed by atoms with Crippen LogP contribution in [-0.4, -0.2) is 74.9 Å². The molecule has 1 N–H and O–H groups in total. The Hall–Kier alpha value is -2.29. The van der Waals surface area contributed by atoms with Crippen LogP contribution in [0.3, 0.4) is 0 Å². The molecule has 0 aliphatic heterocycles. The summed E-state index contributed by atoms with van der Waals surface area (Å²) in [4.78, 5) is 34.9. The summed E-state index contributed by atoms with van der Waals surface area (Å²) in [6.07, 6.45) is 33.1. The Morgan fingerprint density at radius 3 is 1.79 bits per heavy atom. The van der Waals surface area contributed by atoms with Gasteiger partial charge in [-0.05, 0) is 51.4 Å². The van der Waals surface area contributed by atoms with E-state index in [1.165, 1.54) is 6.42 Å². The second-order valence-corrected chi connectivity index (χ2v) is 14.0. The highest BCUT2D eigenvalue weighted by Gasteiger charge is 2.27. The third kappa shape index (κ3) is 33.4. The number of unbranched alkanes of at least 4 members (excludes halogenated alkanes) is 6. The van der Waals surface area contributed by atoms with E-state index in [2.05, 4.69) is 68.5 Å². The van der Waals surface area contributed by atoms with E-state index in [0.29, 0.717) is 23.9 Å². The number of allylic oxidation sites excluding steroid dienone is 10. The van der Waals surface area contributed by atoms with Crippen LogP contribution in [0.1, 0.15) is 110 Å². The number of quaternary nitrogens is 1. The highest BCUT2D eigenvalue weighted by atomic mass is 31.2. The highest BCUT2D eigenvalue weighted by molar-refractivity contribution is 7.47. The molecule has 0 bridgehead atoms. The fraction of sp³-hybridized carbons (Fsp3) is 0.676. The number of phosphoric acid groups is 1. The van der Waals surface area contributed by atoms with Crippen molar-refractivity contribution < 1.29 is 42.1 Å². The molecule has 0 radical (unpaired) electrons. The molecule has 0 aromatic rings. The van der Waals surface area contributed by atoms with Gasteiger partial charge >= 0.3 is 19.8 Å². The molecule has 9 nitrogen and oxygen atoms in total. The van der Waals surface area contributed by atoms with Gasteiger partial charge in [-0.2, -0.15) is 0 Å². The number of ether oxygens (including phenoxy) is 2. The highest BCUT2D eigenvalue weighted by Crippen LogP contribution is 2.43. The Bertz CT molecular complexity index is 997. The third-order valence-corrected chi connectivity index (χ3v) is 7.80. The summed E-state index contributed by atoms with van der Waals surface area (Å²) in [5.41, 5.74) is 0. The zero-order valence-electron chi connectivity index (χ0n) is 30.0. The first-order valence-corrected chi connectivity index (χ1v) is 19.0. The minimum atomic E-state index is -4.38. The monoisotopic (exact) mass is 682 g/mol. The second kappa shape index (κ2) is 29.8. The Morgan fingerprint density at radius 1 is 0.681 bits per heavy atom. The predicted octanol–water partition coefficient (Wildman–Crippen LogP) is 8.95. The summed E-state index contributed by atoms with van der Waals surface area (Å²) in [5, 5.41) is 0. The van der Waals surface area contributed by atoms with Gasteiger partial charge < -0.3 is 18.9 Å². The van der Waals surface area contributed by atoms with Crippen molar-refractivity contribution in [3.63, 3.8) is 0 Å². The standard InChI is InChI=1S/C37H64NO8P/c1-6-8-10-12-14-15-16-17-18-19-20-21-22-23-24-26-28-30-37(40)46-35(33-43-36(39)29-27-25-13-11-9-7-2)34-45-47(41,42)44-32-31-38(3,4)5/h8,10,14-15,17-18,20-21,23-24,35H,6-7,9,11-13,16,19,22,25-34H2,1-5H3/p+1/b10-8-,15-14-,18-17-,21-20-,24-23-. The molecular formula is C37H65NO8P+. The Kier molecular flexibility index (Phi) is 28.4. The summed E-state index contributed by atoms with van der Waals surface area (Å²) >= 11 is 0. The van der Waals surface area contributed by atoms with Crippen LogP contribution in [0.15, 0.2) is 60.8 Å². The molecule has 0 saturated carbocycles. The van der Waals surface area contributed by atoms with E-state index in [4.69, 9.17) is 18.5 Å². The fourth-order valence-corrected chi connectivity index (χ4v) is 4.79. The van der Waals surface area contributed by atoms with Crippen LogP contribution >= 0.6 is 7.82 Å². The molecule has 0 amide bonds. The average Bonchev–Trinajstić information content (AvgIpc) is 3.01.